The van der Waals surface area contributed by atoms with E-state index >= 15 is 0 Å². The Morgan fingerprint density at radius 2 is 1.27 bits per heavy atom. The van der Waals surface area contributed by atoms with E-state index < -0.39 is 22.0 Å². The molecule has 1 aliphatic rings. The van der Waals surface area contributed by atoms with Crippen LogP contribution in [0.3, 0.4) is 0 Å². The van der Waals surface area contributed by atoms with Crippen molar-refractivity contribution in [3.63, 3.8) is 0 Å². The van der Waals surface area contributed by atoms with Crippen LogP contribution in [-0.2, 0) is 10.2 Å². The van der Waals surface area contributed by atoms with Crippen LogP contribution in [-0.4, -0.2) is 20.2 Å². The molecule has 1 rings (SSSR count). The fourth-order valence-electron chi connectivity index (χ4n) is 0.308. The molecule has 9 heteroatoms. The zero-order chi connectivity index (χ0) is 7.07. The van der Waals surface area contributed by atoms with Crippen molar-refractivity contribution in [1.29, 1.82) is 0 Å². The third-order valence-electron chi connectivity index (χ3n) is 0.579. The zero-order valence-corrected chi connectivity index (χ0v) is 13.0. The predicted octanol–water partition coefficient (Wildman–Crippen LogP) is -9.23. The van der Waals surface area contributed by atoms with E-state index in [1.54, 1.807) is 0 Å². The number of hydrogen-bond acceptors (Lipinski definition) is 4. The Morgan fingerprint density at radius 1 is 1.00 bits per heavy atom. The van der Waals surface area contributed by atoms with E-state index in [1.165, 1.54) is 0 Å². The number of rotatable bonds is 0. The van der Waals surface area contributed by atoms with E-state index in [4.69, 9.17) is 0 Å². The molecule has 11 heavy (non-hydrogen) atoms. The Kier molecular flexibility index (Phi) is 8.24. The molecular weight excluding hydrogens is 226 g/mol. The molecule has 0 amide bonds. The van der Waals surface area contributed by atoms with Crippen LogP contribution in [0, 0.1) is 0 Å². The SMILES string of the molecule is O=S1(=O)N=C([O-])C([O-])=N1.[K+].[K+]. The number of nitrogens with zero attached hydrogens (tertiary/aromatic N) is 2. The van der Waals surface area contributed by atoms with Crippen LogP contribution in [0.1, 0.15) is 0 Å². The second-order valence-corrected chi connectivity index (χ2v) is 2.50. The van der Waals surface area contributed by atoms with Gasteiger partial charge in [-0.15, -0.1) is 0 Å². The molecule has 0 bridgehead atoms. The maximum atomic E-state index is 10.1. The molecule has 0 atom stereocenters. The minimum absolute atomic E-state index is 0. The third kappa shape index (κ3) is 4.81. The Hall–Kier alpha value is 2.16. The van der Waals surface area contributed by atoms with Crippen molar-refractivity contribution in [3.8, 4) is 0 Å². The first-order valence-electron chi connectivity index (χ1n) is 1.80. The van der Waals surface area contributed by atoms with Gasteiger partial charge in [-0.25, -0.2) is 0 Å². The van der Waals surface area contributed by atoms with Gasteiger partial charge in [0.2, 0.25) is 0 Å². The first-order valence-corrected chi connectivity index (χ1v) is 3.20. The van der Waals surface area contributed by atoms with E-state index in [1.807, 2.05) is 0 Å². The molecule has 0 radical (unpaired) electrons. The standard InChI is InChI=1S/C2H2N2O4S.2K/c5-1-2(6)4-9(7,8)3-1;;/h(H,3,5)(H,4,6);;/q;2*+1/p-2. The van der Waals surface area contributed by atoms with Crippen molar-refractivity contribution < 1.29 is 121 Å². The molecule has 0 saturated carbocycles. The molecule has 0 saturated heterocycles. The van der Waals surface area contributed by atoms with Crippen LogP contribution in [0.4, 0.5) is 0 Å². The topological polar surface area (TPSA) is 105 Å². The van der Waals surface area contributed by atoms with Gasteiger partial charge >= 0.3 is 113 Å². The second-order valence-electron chi connectivity index (χ2n) is 1.24. The molecule has 0 aromatic heterocycles. The van der Waals surface area contributed by atoms with Crippen LogP contribution >= 0.6 is 0 Å². The molecule has 1 heterocycles. The normalized spacial score (nSPS) is 18.9. The van der Waals surface area contributed by atoms with Crippen molar-refractivity contribution in [3.05, 3.63) is 0 Å². The van der Waals surface area contributed by atoms with E-state index in [2.05, 4.69) is 8.80 Å². The fraction of sp³-hybridized carbons (Fsp3) is 0. The Morgan fingerprint density at radius 3 is 1.36 bits per heavy atom. The molecule has 0 fully saturated rings. The molecule has 0 aromatic rings. The molecule has 0 N–H and O–H groups in total. The van der Waals surface area contributed by atoms with Gasteiger partial charge in [0.05, 0.1) is 0 Å². The van der Waals surface area contributed by atoms with Gasteiger partial charge in [0.1, 0.15) is 0 Å². The predicted molar refractivity (Wildman–Crippen MR) is 23.8 cm³/mol. The average molecular weight is 226 g/mol. The number of hydrogen-bond donors (Lipinski definition) is 0. The monoisotopic (exact) mass is 226 g/mol. The van der Waals surface area contributed by atoms with Crippen molar-refractivity contribution >= 4 is 22.0 Å². The first kappa shape index (κ1) is 15.6. The van der Waals surface area contributed by atoms with Crippen LogP contribution < -0.4 is 113 Å². The fourth-order valence-corrected chi connectivity index (χ4v) is 0.924. The van der Waals surface area contributed by atoms with Crippen LogP contribution in [0.15, 0.2) is 8.80 Å². The van der Waals surface area contributed by atoms with Gasteiger partial charge in [0, 0.05) is 11.8 Å². The molecule has 6 nitrogen and oxygen atoms in total. The summed E-state index contributed by atoms with van der Waals surface area (Å²) in [5.74, 6) is -2.65. The maximum absolute atomic E-state index is 10.1. The maximum Gasteiger partial charge on any atom is 1.00 e. The van der Waals surface area contributed by atoms with Crippen LogP contribution in [0.5, 0.6) is 0 Å². The summed E-state index contributed by atoms with van der Waals surface area (Å²) in [7, 11) is -4.09. The van der Waals surface area contributed by atoms with E-state index in [0.717, 1.165) is 0 Å². The summed E-state index contributed by atoms with van der Waals surface area (Å²) in [4.78, 5) is 0. The minimum Gasteiger partial charge on any atom is -0.857 e. The van der Waals surface area contributed by atoms with Gasteiger partial charge in [-0.3, -0.25) is 0 Å². The smallest absolute Gasteiger partial charge is 0.857 e. The largest absolute Gasteiger partial charge is 1.00 e. The molecular formula is C2K2N2O4S. The van der Waals surface area contributed by atoms with Crippen LogP contribution in [0.2, 0.25) is 0 Å². The Bertz CT molecular complexity index is 269. The van der Waals surface area contributed by atoms with Crippen LogP contribution in [0.25, 0.3) is 0 Å². The third-order valence-corrected chi connectivity index (χ3v) is 1.37. The average Bonchev–Trinajstić information content (AvgIpc) is 1.79. The Balaban J connectivity index is 0. The van der Waals surface area contributed by atoms with Crippen molar-refractivity contribution in [2.24, 2.45) is 8.80 Å². The van der Waals surface area contributed by atoms with Gasteiger partial charge in [-0.2, -0.15) is 17.2 Å². The minimum atomic E-state index is -4.09. The van der Waals surface area contributed by atoms with Crippen molar-refractivity contribution in [2.75, 3.05) is 0 Å². The summed E-state index contributed by atoms with van der Waals surface area (Å²) >= 11 is 0. The van der Waals surface area contributed by atoms with E-state index in [9.17, 15) is 18.6 Å². The quantitative estimate of drug-likeness (QED) is 0.382. The van der Waals surface area contributed by atoms with Gasteiger partial charge < -0.3 is 10.2 Å². The van der Waals surface area contributed by atoms with E-state index in [-0.39, 0.29) is 103 Å². The molecule has 0 spiro atoms. The van der Waals surface area contributed by atoms with E-state index in [0.29, 0.717) is 0 Å². The van der Waals surface area contributed by atoms with Gasteiger partial charge in [-0.05, 0) is 0 Å². The summed E-state index contributed by atoms with van der Waals surface area (Å²) in [5, 5.41) is 20.0. The summed E-state index contributed by atoms with van der Waals surface area (Å²) in [6.45, 7) is 0. The van der Waals surface area contributed by atoms with Gasteiger partial charge in [0.25, 0.3) is 0 Å². The second kappa shape index (κ2) is 5.80. The zero-order valence-electron chi connectivity index (χ0n) is 5.94. The first-order chi connectivity index (χ1) is 4.01. The molecule has 0 aromatic carbocycles. The van der Waals surface area contributed by atoms with Gasteiger partial charge in [-0.1, -0.05) is 0 Å². The summed E-state index contributed by atoms with van der Waals surface area (Å²) in [6, 6.07) is 0. The molecule has 50 valence electrons. The Labute approximate surface area is 148 Å². The van der Waals surface area contributed by atoms with Crippen molar-refractivity contribution in [1.82, 2.24) is 0 Å². The molecule has 1 aliphatic heterocycles. The van der Waals surface area contributed by atoms with Crippen molar-refractivity contribution in [2.45, 2.75) is 0 Å². The summed E-state index contributed by atoms with van der Waals surface area (Å²) in [5.41, 5.74) is 0. The molecule has 0 unspecified atom stereocenters. The van der Waals surface area contributed by atoms with Gasteiger partial charge in [0.15, 0.2) is 0 Å². The summed E-state index contributed by atoms with van der Waals surface area (Å²) in [6.07, 6.45) is 0. The summed E-state index contributed by atoms with van der Waals surface area (Å²) < 4.78 is 25.0. The molecule has 0 aliphatic carbocycles.